The number of hydrogen-bond acceptors (Lipinski definition) is 5. The van der Waals surface area contributed by atoms with Crippen LogP contribution in [0, 0.1) is 0 Å². The molecule has 1 aromatic heterocycles. The molecule has 1 saturated heterocycles. The van der Waals surface area contributed by atoms with E-state index in [1.54, 1.807) is 0 Å². The quantitative estimate of drug-likeness (QED) is 0.773. The number of hydrogen-bond donors (Lipinski definition) is 1. The molecule has 0 saturated carbocycles. The van der Waals surface area contributed by atoms with Gasteiger partial charge in [0, 0.05) is 25.8 Å². The molecule has 0 unspecified atom stereocenters. The standard InChI is InChI=1S/C13H23N5/c1-17(2)9-5-7-14-12-6-8-15-13(16-12)18-10-3-4-11-18/h6,8H,3-5,7,9-11H2,1-2H3,(H,14,15,16). The van der Waals surface area contributed by atoms with Crippen LogP contribution in [0.3, 0.4) is 0 Å². The summed E-state index contributed by atoms with van der Waals surface area (Å²) < 4.78 is 0. The summed E-state index contributed by atoms with van der Waals surface area (Å²) in [6.07, 6.45) is 5.47. The molecule has 1 aromatic rings. The Hall–Kier alpha value is -1.36. The van der Waals surface area contributed by atoms with Gasteiger partial charge in [-0.25, -0.2) is 4.98 Å². The van der Waals surface area contributed by atoms with Crippen molar-refractivity contribution < 1.29 is 0 Å². The second kappa shape index (κ2) is 6.54. The Kier molecular flexibility index (Phi) is 4.75. The summed E-state index contributed by atoms with van der Waals surface area (Å²) in [7, 11) is 4.19. The van der Waals surface area contributed by atoms with Gasteiger partial charge in [0.15, 0.2) is 0 Å². The molecule has 0 amide bonds. The lowest BCUT2D eigenvalue weighted by molar-refractivity contribution is 0.405. The Morgan fingerprint density at radius 3 is 2.83 bits per heavy atom. The van der Waals surface area contributed by atoms with E-state index in [9.17, 15) is 0 Å². The highest BCUT2D eigenvalue weighted by molar-refractivity contribution is 5.41. The van der Waals surface area contributed by atoms with Gasteiger partial charge in [-0.1, -0.05) is 0 Å². The zero-order valence-corrected chi connectivity index (χ0v) is 11.4. The van der Waals surface area contributed by atoms with Crippen molar-refractivity contribution in [3.63, 3.8) is 0 Å². The van der Waals surface area contributed by atoms with E-state index in [0.717, 1.165) is 44.4 Å². The minimum absolute atomic E-state index is 0.866. The molecule has 0 aromatic carbocycles. The highest BCUT2D eigenvalue weighted by Gasteiger charge is 2.14. The monoisotopic (exact) mass is 249 g/mol. The van der Waals surface area contributed by atoms with Crippen molar-refractivity contribution in [2.24, 2.45) is 0 Å². The second-order valence-electron chi connectivity index (χ2n) is 5.02. The van der Waals surface area contributed by atoms with Gasteiger partial charge in [-0.15, -0.1) is 0 Å². The Morgan fingerprint density at radius 2 is 2.11 bits per heavy atom. The van der Waals surface area contributed by atoms with Crippen LogP contribution in [-0.4, -0.2) is 55.1 Å². The van der Waals surface area contributed by atoms with E-state index in [0.29, 0.717) is 0 Å². The van der Waals surface area contributed by atoms with Crippen molar-refractivity contribution in [2.75, 3.05) is 50.5 Å². The van der Waals surface area contributed by atoms with Crippen LogP contribution >= 0.6 is 0 Å². The van der Waals surface area contributed by atoms with Gasteiger partial charge in [-0.3, -0.25) is 0 Å². The molecular weight excluding hydrogens is 226 g/mol. The summed E-state index contributed by atoms with van der Waals surface area (Å²) in [5.74, 6) is 1.80. The van der Waals surface area contributed by atoms with Crippen molar-refractivity contribution in [1.29, 1.82) is 0 Å². The van der Waals surface area contributed by atoms with Crippen LogP contribution in [0.2, 0.25) is 0 Å². The highest BCUT2D eigenvalue weighted by Crippen LogP contribution is 2.16. The largest absolute Gasteiger partial charge is 0.370 e. The zero-order valence-electron chi connectivity index (χ0n) is 11.4. The predicted octanol–water partition coefficient (Wildman–Crippen LogP) is 1.44. The molecule has 0 bridgehead atoms. The molecule has 1 N–H and O–H groups in total. The van der Waals surface area contributed by atoms with Gasteiger partial charge in [0.25, 0.3) is 0 Å². The maximum atomic E-state index is 4.56. The van der Waals surface area contributed by atoms with E-state index < -0.39 is 0 Å². The minimum Gasteiger partial charge on any atom is -0.370 e. The van der Waals surface area contributed by atoms with E-state index >= 15 is 0 Å². The molecule has 0 spiro atoms. The van der Waals surface area contributed by atoms with Gasteiger partial charge in [0.05, 0.1) is 0 Å². The Morgan fingerprint density at radius 1 is 1.33 bits per heavy atom. The third kappa shape index (κ3) is 3.84. The average molecular weight is 249 g/mol. The van der Waals surface area contributed by atoms with Crippen LogP contribution in [0.15, 0.2) is 12.3 Å². The highest BCUT2D eigenvalue weighted by atomic mass is 15.3. The number of aromatic nitrogens is 2. The van der Waals surface area contributed by atoms with Crippen LogP contribution < -0.4 is 10.2 Å². The van der Waals surface area contributed by atoms with Crippen molar-refractivity contribution in [3.05, 3.63) is 12.3 Å². The predicted molar refractivity (Wildman–Crippen MR) is 75.1 cm³/mol. The van der Waals surface area contributed by atoms with E-state index in [1.807, 2.05) is 12.3 Å². The van der Waals surface area contributed by atoms with Crippen LogP contribution in [0.1, 0.15) is 19.3 Å². The molecular formula is C13H23N5. The first-order chi connectivity index (χ1) is 8.75. The van der Waals surface area contributed by atoms with E-state index in [4.69, 9.17) is 0 Å². The number of rotatable bonds is 6. The molecule has 5 heteroatoms. The van der Waals surface area contributed by atoms with Crippen molar-refractivity contribution in [1.82, 2.24) is 14.9 Å². The lowest BCUT2D eigenvalue weighted by Crippen LogP contribution is -2.21. The third-order valence-electron chi connectivity index (χ3n) is 3.12. The fourth-order valence-corrected chi connectivity index (χ4v) is 2.13. The summed E-state index contributed by atoms with van der Waals surface area (Å²) >= 11 is 0. The van der Waals surface area contributed by atoms with Crippen molar-refractivity contribution >= 4 is 11.8 Å². The maximum Gasteiger partial charge on any atom is 0.227 e. The molecule has 0 radical (unpaired) electrons. The van der Waals surface area contributed by atoms with Gasteiger partial charge < -0.3 is 15.1 Å². The fraction of sp³-hybridized carbons (Fsp3) is 0.692. The molecule has 100 valence electrons. The van der Waals surface area contributed by atoms with Gasteiger partial charge in [-0.05, 0) is 46.0 Å². The smallest absolute Gasteiger partial charge is 0.227 e. The normalized spacial score (nSPS) is 15.4. The van der Waals surface area contributed by atoms with Crippen LogP contribution in [-0.2, 0) is 0 Å². The lowest BCUT2D eigenvalue weighted by Gasteiger charge is -2.16. The minimum atomic E-state index is 0.866. The van der Waals surface area contributed by atoms with E-state index in [2.05, 4.69) is 39.2 Å². The second-order valence-corrected chi connectivity index (χ2v) is 5.02. The van der Waals surface area contributed by atoms with Gasteiger partial charge in [-0.2, -0.15) is 4.98 Å². The molecule has 0 atom stereocenters. The summed E-state index contributed by atoms with van der Waals surface area (Å²) in [6.45, 7) is 4.22. The van der Waals surface area contributed by atoms with Gasteiger partial charge >= 0.3 is 0 Å². The summed E-state index contributed by atoms with van der Waals surface area (Å²) in [6, 6.07) is 1.94. The SMILES string of the molecule is CN(C)CCCNc1ccnc(N2CCCC2)n1. The summed E-state index contributed by atoms with van der Waals surface area (Å²) in [4.78, 5) is 13.4. The van der Waals surface area contributed by atoms with Crippen molar-refractivity contribution in [2.45, 2.75) is 19.3 Å². The Balaban J connectivity index is 1.83. The number of anilines is 2. The first-order valence-electron chi connectivity index (χ1n) is 6.72. The van der Waals surface area contributed by atoms with Crippen LogP contribution in [0.25, 0.3) is 0 Å². The number of nitrogens with one attached hydrogen (secondary N) is 1. The molecule has 1 aliphatic rings. The fourth-order valence-electron chi connectivity index (χ4n) is 2.13. The maximum absolute atomic E-state index is 4.56. The van der Waals surface area contributed by atoms with Crippen LogP contribution in [0.4, 0.5) is 11.8 Å². The molecule has 2 rings (SSSR count). The van der Waals surface area contributed by atoms with Crippen molar-refractivity contribution in [3.8, 4) is 0 Å². The number of nitrogens with zero attached hydrogens (tertiary/aromatic N) is 4. The van der Waals surface area contributed by atoms with E-state index in [1.165, 1.54) is 12.8 Å². The Labute approximate surface area is 109 Å². The zero-order chi connectivity index (χ0) is 12.8. The molecule has 1 aliphatic heterocycles. The van der Waals surface area contributed by atoms with Crippen LogP contribution in [0.5, 0.6) is 0 Å². The summed E-state index contributed by atoms with van der Waals surface area (Å²) in [5, 5.41) is 3.36. The topological polar surface area (TPSA) is 44.3 Å². The molecule has 18 heavy (non-hydrogen) atoms. The molecule has 0 aliphatic carbocycles. The molecule has 5 nitrogen and oxygen atoms in total. The lowest BCUT2D eigenvalue weighted by atomic mass is 10.4. The molecule has 1 fully saturated rings. The summed E-state index contributed by atoms with van der Waals surface area (Å²) in [5.41, 5.74) is 0. The average Bonchev–Trinajstić information content (AvgIpc) is 2.89. The Bertz CT molecular complexity index is 360. The van der Waals surface area contributed by atoms with E-state index in [-0.39, 0.29) is 0 Å². The first kappa shape index (κ1) is 13.1. The third-order valence-corrected chi connectivity index (χ3v) is 3.12. The molecule has 2 heterocycles. The first-order valence-corrected chi connectivity index (χ1v) is 6.72. The van der Waals surface area contributed by atoms with Gasteiger partial charge in [0.2, 0.25) is 5.95 Å². The van der Waals surface area contributed by atoms with Gasteiger partial charge in [0.1, 0.15) is 5.82 Å².